The molecule has 0 unspecified atom stereocenters. The van der Waals surface area contributed by atoms with Crippen LogP contribution in [-0.4, -0.2) is 11.7 Å². The van der Waals surface area contributed by atoms with Crippen molar-refractivity contribution in [2.24, 2.45) is 0 Å². The Kier molecular flexibility index (Phi) is 5.83. The predicted octanol–water partition coefficient (Wildman–Crippen LogP) is 3.56. The van der Waals surface area contributed by atoms with Crippen LogP contribution in [-0.2, 0) is 4.79 Å². The standard InChI is InChI=1S/C17H20N2O2S/c1-3-13(2)14-7-9-15(10-8-14)18-16(20)12-22-17-6-4-5-11-19(17)21/h4-11,13H,3,12H2,1-2H3,(H,18,20)/t13-/m1/s1. The van der Waals surface area contributed by atoms with Gasteiger partial charge in [0.2, 0.25) is 5.91 Å². The van der Waals surface area contributed by atoms with Crippen LogP contribution in [0.3, 0.4) is 0 Å². The van der Waals surface area contributed by atoms with Gasteiger partial charge in [0, 0.05) is 17.8 Å². The lowest BCUT2D eigenvalue weighted by Crippen LogP contribution is -2.28. The molecule has 2 rings (SSSR count). The largest absolute Gasteiger partial charge is 0.618 e. The van der Waals surface area contributed by atoms with Crippen molar-refractivity contribution in [2.45, 2.75) is 31.2 Å². The first-order chi connectivity index (χ1) is 10.6. The van der Waals surface area contributed by atoms with E-state index in [2.05, 4.69) is 19.2 Å². The van der Waals surface area contributed by atoms with Crippen molar-refractivity contribution in [1.29, 1.82) is 0 Å². The van der Waals surface area contributed by atoms with Crippen LogP contribution in [0.15, 0.2) is 53.7 Å². The highest BCUT2D eigenvalue weighted by molar-refractivity contribution is 7.99. The van der Waals surface area contributed by atoms with E-state index < -0.39 is 0 Å². The summed E-state index contributed by atoms with van der Waals surface area (Å²) in [6.07, 6.45) is 2.52. The van der Waals surface area contributed by atoms with Gasteiger partial charge in [-0.3, -0.25) is 4.79 Å². The second-order valence-electron chi connectivity index (χ2n) is 5.13. The van der Waals surface area contributed by atoms with E-state index >= 15 is 0 Å². The summed E-state index contributed by atoms with van der Waals surface area (Å²) < 4.78 is 0.763. The van der Waals surface area contributed by atoms with Crippen LogP contribution in [0.1, 0.15) is 31.7 Å². The molecule has 2 aromatic rings. The molecule has 1 heterocycles. The molecule has 1 aromatic carbocycles. The van der Waals surface area contributed by atoms with Gasteiger partial charge in [-0.05, 0) is 47.9 Å². The molecule has 4 nitrogen and oxygen atoms in total. The number of anilines is 1. The molecule has 5 heteroatoms. The first kappa shape index (κ1) is 16.4. The van der Waals surface area contributed by atoms with E-state index in [9.17, 15) is 10.0 Å². The Bertz CT molecular complexity index is 629. The number of nitrogens with zero attached hydrogens (tertiary/aromatic N) is 1. The summed E-state index contributed by atoms with van der Waals surface area (Å²) in [5.74, 6) is 0.607. The van der Waals surface area contributed by atoms with Gasteiger partial charge in [-0.2, -0.15) is 4.73 Å². The van der Waals surface area contributed by atoms with E-state index in [1.807, 2.05) is 24.3 Å². The van der Waals surface area contributed by atoms with Crippen LogP contribution < -0.4 is 10.0 Å². The second kappa shape index (κ2) is 7.84. The molecule has 0 saturated carbocycles. The number of rotatable bonds is 6. The van der Waals surface area contributed by atoms with Crippen LogP contribution >= 0.6 is 11.8 Å². The van der Waals surface area contributed by atoms with Crippen molar-refractivity contribution in [3.05, 3.63) is 59.4 Å². The zero-order chi connectivity index (χ0) is 15.9. The van der Waals surface area contributed by atoms with Crippen molar-refractivity contribution >= 4 is 23.4 Å². The number of pyridine rings is 1. The van der Waals surface area contributed by atoms with E-state index in [0.29, 0.717) is 10.9 Å². The molecular weight excluding hydrogens is 296 g/mol. The first-order valence-corrected chi connectivity index (χ1v) is 8.29. The maximum atomic E-state index is 11.9. The molecular formula is C17H20N2O2S. The lowest BCUT2D eigenvalue weighted by Gasteiger charge is -2.10. The molecule has 116 valence electrons. The summed E-state index contributed by atoms with van der Waals surface area (Å²) in [6.45, 7) is 4.34. The van der Waals surface area contributed by atoms with Crippen molar-refractivity contribution in [2.75, 3.05) is 11.1 Å². The molecule has 1 amide bonds. The quantitative estimate of drug-likeness (QED) is 0.503. The van der Waals surface area contributed by atoms with Crippen molar-refractivity contribution < 1.29 is 9.52 Å². The van der Waals surface area contributed by atoms with E-state index in [1.54, 1.807) is 18.2 Å². The van der Waals surface area contributed by atoms with Crippen LogP contribution in [0.4, 0.5) is 5.69 Å². The third kappa shape index (κ3) is 4.49. The van der Waals surface area contributed by atoms with Gasteiger partial charge in [0.05, 0.1) is 5.75 Å². The number of hydrogen-bond donors (Lipinski definition) is 1. The van der Waals surface area contributed by atoms with Crippen molar-refractivity contribution in [1.82, 2.24) is 0 Å². The molecule has 0 bridgehead atoms. The summed E-state index contributed by atoms with van der Waals surface area (Å²) in [4.78, 5) is 11.9. The highest BCUT2D eigenvalue weighted by Gasteiger charge is 2.09. The Balaban J connectivity index is 1.88. The van der Waals surface area contributed by atoms with E-state index in [1.165, 1.54) is 23.5 Å². The molecule has 0 radical (unpaired) electrons. The minimum atomic E-state index is -0.120. The van der Waals surface area contributed by atoms with Crippen molar-refractivity contribution in [3.8, 4) is 0 Å². The summed E-state index contributed by atoms with van der Waals surface area (Å²) >= 11 is 1.22. The van der Waals surface area contributed by atoms with E-state index in [4.69, 9.17) is 0 Å². The molecule has 0 aliphatic heterocycles. The molecule has 0 aliphatic carbocycles. The molecule has 0 saturated heterocycles. The Morgan fingerprint density at radius 3 is 2.64 bits per heavy atom. The minimum absolute atomic E-state index is 0.120. The van der Waals surface area contributed by atoms with Gasteiger partial charge >= 0.3 is 0 Å². The van der Waals surface area contributed by atoms with Crippen molar-refractivity contribution in [3.63, 3.8) is 0 Å². The SMILES string of the molecule is CC[C@@H](C)c1ccc(NC(=O)CSc2cccc[n+]2[O-])cc1. The van der Waals surface area contributed by atoms with Crippen LogP contribution in [0, 0.1) is 5.21 Å². The van der Waals surface area contributed by atoms with Gasteiger partial charge in [-0.1, -0.05) is 26.0 Å². The third-order valence-corrected chi connectivity index (χ3v) is 4.53. The lowest BCUT2D eigenvalue weighted by atomic mass is 9.99. The molecule has 0 spiro atoms. The minimum Gasteiger partial charge on any atom is -0.618 e. The number of hydrogen-bond acceptors (Lipinski definition) is 3. The predicted molar refractivity (Wildman–Crippen MR) is 89.9 cm³/mol. The van der Waals surface area contributed by atoms with E-state index in [0.717, 1.165) is 16.8 Å². The first-order valence-electron chi connectivity index (χ1n) is 7.31. The number of amides is 1. The normalized spacial score (nSPS) is 11.9. The number of benzene rings is 1. The third-order valence-electron chi connectivity index (χ3n) is 3.52. The Morgan fingerprint density at radius 1 is 1.27 bits per heavy atom. The number of carbonyl (C=O) groups is 1. The fraction of sp³-hybridized carbons (Fsp3) is 0.294. The van der Waals surface area contributed by atoms with Gasteiger partial charge in [0.25, 0.3) is 5.03 Å². The summed E-state index contributed by atoms with van der Waals surface area (Å²) in [5.41, 5.74) is 2.05. The summed E-state index contributed by atoms with van der Waals surface area (Å²) in [6, 6.07) is 13.1. The molecule has 22 heavy (non-hydrogen) atoms. The summed E-state index contributed by atoms with van der Waals surface area (Å²) in [5, 5.41) is 14.8. The Morgan fingerprint density at radius 2 is 2.00 bits per heavy atom. The topological polar surface area (TPSA) is 56.0 Å². The van der Waals surface area contributed by atoms with Crippen LogP contribution in [0.5, 0.6) is 0 Å². The molecule has 1 aromatic heterocycles. The smallest absolute Gasteiger partial charge is 0.251 e. The van der Waals surface area contributed by atoms with Crippen LogP contribution in [0.2, 0.25) is 0 Å². The number of carbonyl (C=O) groups excluding carboxylic acids is 1. The molecule has 0 aliphatic rings. The highest BCUT2D eigenvalue weighted by Crippen LogP contribution is 2.20. The highest BCUT2D eigenvalue weighted by atomic mass is 32.2. The van der Waals surface area contributed by atoms with Gasteiger partial charge in [0.1, 0.15) is 0 Å². The molecule has 1 N–H and O–H groups in total. The molecule has 1 atom stereocenters. The second-order valence-corrected chi connectivity index (χ2v) is 6.13. The number of aromatic nitrogens is 1. The Hall–Kier alpha value is -2.01. The average molecular weight is 316 g/mol. The van der Waals surface area contributed by atoms with Crippen LogP contribution in [0.25, 0.3) is 0 Å². The fourth-order valence-corrected chi connectivity index (χ4v) is 2.71. The maximum absolute atomic E-state index is 11.9. The van der Waals surface area contributed by atoms with Gasteiger partial charge in [-0.25, -0.2) is 0 Å². The maximum Gasteiger partial charge on any atom is 0.251 e. The Labute approximate surface area is 135 Å². The number of thioether (sulfide) groups is 1. The lowest BCUT2D eigenvalue weighted by molar-refractivity contribution is -0.645. The number of nitrogens with one attached hydrogen (secondary N) is 1. The van der Waals surface area contributed by atoms with Gasteiger partial charge in [-0.15, -0.1) is 0 Å². The molecule has 0 fully saturated rings. The zero-order valence-corrected chi connectivity index (χ0v) is 13.6. The fourth-order valence-electron chi connectivity index (χ4n) is 1.99. The monoisotopic (exact) mass is 316 g/mol. The van der Waals surface area contributed by atoms with Gasteiger partial charge in [0.15, 0.2) is 6.20 Å². The zero-order valence-electron chi connectivity index (χ0n) is 12.8. The summed E-state index contributed by atoms with van der Waals surface area (Å²) in [7, 11) is 0. The van der Waals surface area contributed by atoms with Gasteiger partial charge < -0.3 is 10.5 Å². The van der Waals surface area contributed by atoms with E-state index in [-0.39, 0.29) is 11.7 Å². The average Bonchev–Trinajstić information content (AvgIpc) is 2.54.